The van der Waals surface area contributed by atoms with Crippen molar-refractivity contribution < 1.29 is 4.74 Å². The van der Waals surface area contributed by atoms with Crippen molar-refractivity contribution in [3.8, 4) is 17.0 Å². The first kappa shape index (κ1) is 13.8. The zero-order chi connectivity index (χ0) is 16.0. The molecule has 0 bridgehead atoms. The predicted molar refractivity (Wildman–Crippen MR) is 95.1 cm³/mol. The third kappa shape index (κ3) is 2.16. The average Bonchev–Trinajstić information content (AvgIpc) is 2.90. The van der Waals surface area contributed by atoms with Crippen molar-refractivity contribution in [3.63, 3.8) is 0 Å². The molecule has 3 nitrogen and oxygen atoms in total. The van der Waals surface area contributed by atoms with Gasteiger partial charge in [-0.3, -0.25) is 0 Å². The van der Waals surface area contributed by atoms with E-state index >= 15 is 0 Å². The van der Waals surface area contributed by atoms with E-state index in [4.69, 9.17) is 9.72 Å². The van der Waals surface area contributed by atoms with Crippen molar-refractivity contribution in [2.45, 2.75) is 13.8 Å². The van der Waals surface area contributed by atoms with Crippen molar-refractivity contribution in [1.82, 2.24) is 9.97 Å². The van der Waals surface area contributed by atoms with Gasteiger partial charge >= 0.3 is 0 Å². The minimum absolute atomic E-state index is 0.856. The predicted octanol–water partition coefficient (Wildman–Crippen LogP) is 5.01. The third-order valence-corrected chi connectivity index (χ3v) is 4.37. The zero-order valence-corrected chi connectivity index (χ0v) is 13.5. The molecule has 0 amide bonds. The van der Waals surface area contributed by atoms with Gasteiger partial charge in [0.15, 0.2) is 0 Å². The van der Waals surface area contributed by atoms with Gasteiger partial charge in [-0.05, 0) is 43.7 Å². The Balaban J connectivity index is 2.01. The van der Waals surface area contributed by atoms with Gasteiger partial charge in [-0.2, -0.15) is 0 Å². The van der Waals surface area contributed by atoms with E-state index in [2.05, 4.69) is 61.3 Å². The van der Waals surface area contributed by atoms with E-state index in [9.17, 15) is 0 Å². The number of hydrogen-bond acceptors (Lipinski definition) is 2. The highest BCUT2D eigenvalue weighted by Crippen LogP contribution is 2.34. The van der Waals surface area contributed by atoms with Crippen LogP contribution in [0.25, 0.3) is 33.1 Å². The van der Waals surface area contributed by atoms with Gasteiger partial charge in [-0.25, -0.2) is 4.98 Å². The van der Waals surface area contributed by atoms with E-state index in [1.54, 1.807) is 7.11 Å². The number of aryl methyl sites for hydroxylation is 2. The molecule has 1 N–H and O–H groups in total. The second kappa shape index (κ2) is 5.13. The summed E-state index contributed by atoms with van der Waals surface area (Å²) in [5.74, 6) is 0.856. The maximum Gasteiger partial charge on any atom is 0.119 e. The molecule has 23 heavy (non-hydrogen) atoms. The molecule has 0 aliphatic rings. The molecule has 0 unspecified atom stereocenters. The fourth-order valence-electron chi connectivity index (χ4n) is 3.20. The van der Waals surface area contributed by atoms with Crippen molar-refractivity contribution in [2.24, 2.45) is 0 Å². The largest absolute Gasteiger partial charge is 0.497 e. The quantitative estimate of drug-likeness (QED) is 0.565. The second-order valence-corrected chi connectivity index (χ2v) is 5.88. The van der Waals surface area contributed by atoms with Crippen LogP contribution in [-0.4, -0.2) is 17.1 Å². The SMILES string of the molecule is COc1ccc2[nH]c(C)c(-c3ccc4cccc(C)c4n3)c2c1. The average molecular weight is 302 g/mol. The highest BCUT2D eigenvalue weighted by atomic mass is 16.5. The fourth-order valence-corrected chi connectivity index (χ4v) is 3.20. The first-order valence-corrected chi connectivity index (χ1v) is 7.70. The Morgan fingerprint density at radius 1 is 1.00 bits per heavy atom. The molecule has 114 valence electrons. The Labute approximate surface area is 134 Å². The summed E-state index contributed by atoms with van der Waals surface area (Å²) in [6, 6.07) is 16.6. The number of fused-ring (bicyclic) bond motifs is 2. The summed E-state index contributed by atoms with van der Waals surface area (Å²) in [6.07, 6.45) is 0. The van der Waals surface area contributed by atoms with Crippen LogP contribution < -0.4 is 4.74 Å². The summed E-state index contributed by atoms with van der Waals surface area (Å²) < 4.78 is 5.38. The van der Waals surface area contributed by atoms with Gasteiger partial charge < -0.3 is 9.72 Å². The molecule has 4 rings (SSSR count). The standard InChI is InChI=1S/C20H18N2O/c1-12-5-4-6-14-7-9-18(22-20(12)14)19-13(2)21-17-10-8-15(23-3)11-16(17)19/h4-11,21H,1-3H3. The number of pyridine rings is 1. The summed E-state index contributed by atoms with van der Waals surface area (Å²) in [6.45, 7) is 4.19. The van der Waals surface area contributed by atoms with Gasteiger partial charge in [0.1, 0.15) is 5.75 Å². The Hall–Kier alpha value is -2.81. The smallest absolute Gasteiger partial charge is 0.119 e. The normalized spacial score (nSPS) is 11.3. The van der Waals surface area contributed by atoms with Crippen LogP contribution >= 0.6 is 0 Å². The lowest BCUT2D eigenvalue weighted by Crippen LogP contribution is -1.89. The Morgan fingerprint density at radius 2 is 1.87 bits per heavy atom. The summed E-state index contributed by atoms with van der Waals surface area (Å²) in [5.41, 5.74) is 6.60. The minimum atomic E-state index is 0.856. The number of ether oxygens (including phenoxy) is 1. The highest BCUT2D eigenvalue weighted by Gasteiger charge is 2.13. The minimum Gasteiger partial charge on any atom is -0.497 e. The van der Waals surface area contributed by atoms with E-state index in [0.29, 0.717) is 0 Å². The highest BCUT2D eigenvalue weighted by molar-refractivity contribution is 5.98. The molecule has 4 aromatic rings. The number of nitrogens with one attached hydrogen (secondary N) is 1. The number of rotatable bonds is 2. The molecule has 0 spiro atoms. The van der Waals surface area contributed by atoms with Crippen LogP contribution in [0.2, 0.25) is 0 Å². The molecular formula is C20H18N2O. The Morgan fingerprint density at radius 3 is 2.70 bits per heavy atom. The van der Waals surface area contributed by atoms with Crippen LogP contribution in [0.15, 0.2) is 48.5 Å². The van der Waals surface area contributed by atoms with Crippen LogP contribution in [0.3, 0.4) is 0 Å². The van der Waals surface area contributed by atoms with Crippen molar-refractivity contribution >= 4 is 21.8 Å². The van der Waals surface area contributed by atoms with E-state index < -0.39 is 0 Å². The molecule has 0 aliphatic heterocycles. The van der Waals surface area contributed by atoms with Gasteiger partial charge in [0.05, 0.1) is 18.3 Å². The topological polar surface area (TPSA) is 37.9 Å². The van der Waals surface area contributed by atoms with E-state index in [-0.39, 0.29) is 0 Å². The number of hydrogen-bond donors (Lipinski definition) is 1. The number of aromatic nitrogens is 2. The zero-order valence-electron chi connectivity index (χ0n) is 13.5. The molecule has 0 saturated heterocycles. The van der Waals surface area contributed by atoms with E-state index in [0.717, 1.165) is 39.1 Å². The molecule has 2 heterocycles. The maximum absolute atomic E-state index is 5.38. The summed E-state index contributed by atoms with van der Waals surface area (Å²) in [5, 5.41) is 2.31. The lowest BCUT2D eigenvalue weighted by Gasteiger charge is -2.06. The summed E-state index contributed by atoms with van der Waals surface area (Å²) in [7, 11) is 1.69. The van der Waals surface area contributed by atoms with Crippen LogP contribution in [0, 0.1) is 13.8 Å². The second-order valence-electron chi connectivity index (χ2n) is 5.88. The first-order chi connectivity index (χ1) is 11.2. The van der Waals surface area contributed by atoms with E-state index in [1.165, 1.54) is 10.9 Å². The summed E-state index contributed by atoms with van der Waals surface area (Å²) >= 11 is 0. The molecular weight excluding hydrogens is 284 g/mol. The number of H-pyrrole nitrogens is 1. The monoisotopic (exact) mass is 302 g/mol. The van der Waals surface area contributed by atoms with Gasteiger partial charge in [0, 0.05) is 27.5 Å². The lowest BCUT2D eigenvalue weighted by atomic mass is 10.0. The molecule has 3 heteroatoms. The van der Waals surface area contributed by atoms with Crippen LogP contribution in [0.5, 0.6) is 5.75 Å². The van der Waals surface area contributed by atoms with Gasteiger partial charge in [-0.1, -0.05) is 24.3 Å². The number of nitrogens with zero attached hydrogens (tertiary/aromatic N) is 1. The molecule has 0 saturated carbocycles. The number of aromatic amines is 1. The molecule has 0 aliphatic carbocycles. The van der Waals surface area contributed by atoms with Gasteiger partial charge in [0.25, 0.3) is 0 Å². The molecule has 0 radical (unpaired) electrons. The first-order valence-electron chi connectivity index (χ1n) is 7.70. The van der Waals surface area contributed by atoms with E-state index in [1.807, 2.05) is 6.07 Å². The Kier molecular flexibility index (Phi) is 3.08. The lowest BCUT2D eigenvalue weighted by molar-refractivity contribution is 0.415. The van der Waals surface area contributed by atoms with Gasteiger partial charge in [0.2, 0.25) is 0 Å². The van der Waals surface area contributed by atoms with Crippen LogP contribution in [0.4, 0.5) is 0 Å². The van der Waals surface area contributed by atoms with Crippen molar-refractivity contribution in [2.75, 3.05) is 7.11 Å². The van der Waals surface area contributed by atoms with Gasteiger partial charge in [-0.15, -0.1) is 0 Å². The molecule has 2 aromatic carbocycles. The number of para-hydroxylation sites is 1. The number of benzene rings is 2. The van der Waals surface area contributed by atoms with Crippen LogP contribution in [0.1, 0.15) is 11.3 Å². The maximum atomic E-state index is 5.38. The van der Waals surface area contributed by atoms with Crippen molar-refractivity contribution in [1.29, 1.82) is 0 Å². The molecule has 0 atom stereocenters. The number of methoxy groups -OCH3 is 1. The fraction of sp³-hybridized carbons (Fsp3) is 0.150. The van der Waals surface area contributed by atoms with Crippen molar-refractivity contribution in [3.05, 3.63) is 59.8 Å². The Bertz CT molecular complexity index is 1030. The van der Waals surface area contributed by atoms with Crippen LogP contribution in [-0.2, 0) is 0 Å². The molecule has 0 fully saturated rings. The molecule has 2 aromatic heterocycles. The summed E-state index contributed by atoms with van der Waals surface area (Å²) in [4.78, 5) is 8.37. The third-order valence-electron chi connectivity index (χ3n) is 4.37.